The number of sulfonamides is 1. The van der Waals surface area contributed by atoms with Crippen LogP contribution in [0.1, 0.15) is 6.42 Å². The van der Waals surface area contributed by atoms with Crippen molar-refractivity contribution >= 4 is 15.7 Å². The van der Waals surface area contributed by atoms with Crippen LogP contribution in [0.15, 0.2) is 59.5 Å². The zero-order valence-corrected chi connectivity index (χ0v) is 16.5. The minimum absolute atomic E-state index is 0.318. The first-order valence-corrected chi connectivity index (χ1v) is 10.7. The molecule has 2 aromatic carbocycles. The number of nitrogens with one attached hydrogen (secondary N) is 1. The topological polar surface area (TPSA) is 61.9 Å². The molecule has 1 aliphatic heterocycles. The maximum absolute atomic E-state index is 12.2. The van der Waals surface area contributed by atoms with E-state index in [0.717, 1.165) is 44.9 Å². The van der Waals surface area contributed by atoms with Crippen LogP contribution >= 0.6 is 0 Å². The maximum atomic E-state index is 12.2. The van der Waals surface area contributed by atoms with Gasteiger partial charge in [-0.2, -0.15) is 0 Å². The average molecular weight is 390 g/mol. The van der Waals surface area contributed by atoms with Crippen LogP contribution in [0, 0.1) is 0 Å². The van der Waals surface area contributed by atoms with Gasteiger partial charge < -0.3 is 9.64 Å². The Morgan fingerprint density at radius 3 is 2.26 bits per heavy atom. The molecule has 146 valence electrons. The second-order valence-electron chi connectivity index (χ2n) is 6.59. The van der Waals surface area contributed by atoms with E-state index in [4.69, 9.17) is 4.74 Å². The summed E-state index contributed by atoms with van der Waals surface area (Å²) in [4.78, 5) is 5.07. The Kier molecular flexibility index (Phi) is 6.71. The van der Waals surface area contributed by atoms with Crippen molar-refractivity contribution in [2.24, 2.45) is 0 Å². The molecule has 6 nitrogen and oxygen atoms in total. The highest BCUT2D eigenvalue weighted by atomic mass is 32.2. The van der Waals surface area contributed by atoms with Crippen molar-refractivity contribution in [3.63, 3.8) is 0 Å². The Labute approximate surface area is 161 Å². The number of hydrogen-bond donors (Lipinski definition) is 1. The summed E-state index contributed by atoms with van der Waals surface area (Å²) in [7, 11) is -1.73. The van der Waals surface area contributed by atoms with Gasteiger partial charge in [0.05, 0.1) is 12.0 Å². The van der Waals surface area contributed by atoms with Gasteiger partial charge in [0.2, 0.25) is 10.0 Å². The fourth-order valence-electron chi connectivity index (χ4n) is 3.21. The van der Waals surface area contributed by atoms with Gasteiger partial charge in [0, 0.05) is 38.4 Å². The van der Waals surface area contributed by atoms with E-state index < -0.39 is 10.0 Å². The third kappa shape index (κ3) is 5.45. The second-order valence-corrected chi connectivity index (χ2v) is 8.36. The van der Waals surface area contributed by atoms with Crippen LogP contribution in [0.5, 0.6) is 5.75 Å². The lowest BCUT2D eigenvalue weighted by Gasteiger charge is -2.36. The fourth-order valence-corrected chi connectivity index (χ4v) is 4.31. The molecule has 1 aliphatic rings. The van der Waals surface area contributed by atoms with Crippen LogP contribution in [-0.4, -0.2) is 59.7 Å². The van der Waals surface area contributed by atoms with Crippen molar-refractivity contribution in [2.45, 2.75) is 11.3 Å². The van der Waals surface area contributed by atoms with Crippen LogP contribution in [0.3, 0.4) is 0 Å². The van der Waals surface area contributed by atoms with Crippen molar-refractivity contribution in [1.82, 2.24) is 9.62 Å². The third-order valence-electron chi connectivity index (χ3n) is 4.81. The van der Waals surface area contributed by atoms with Crippen LogP contribution in [0.25, 0.3) is 0 Å². The lowest BCUT2D eigenvalue weighted by atomic mass is 10.2. The molecule has 1 heterocycles. The number of ether oxygens (including phenoxy) is 1. The van der Waals surface area contributed by atoms with E-state index in [1.54, 1.807) is 31.4 Å². The fraction of sp³-hybridized carbons (Fsp3) is 0.400. The second kappa shape index (κ2) is 9.21. The van der Waals surface area contributed by atoms with E-state index in [0.29, 0.717) is 11.4 Å². The summed E-state index contributed by atoms with van der Waals surface area (Å²) in [5, 5.41) is 0. The number of benzene rings is 2. The zero-order chi connectivity index (χ0) is 19.1. The molecule has 0 amide bonds. The van der Waals surface area contributed by atoms with E-state index >= 15 is 0 Å². The Balaban J connectivity index is 1.38. The Morgan fingerprint density at radius 1 is 0.963 bits per heavy atom. The highest BCUT2D eigenvalue weighted by molar-refractivity contribution is 7.89. The molecule has 1 N–H and O–H groups in total. The number of rotatable bonds is 8. The van der Waals surface area contributed by atoms with Gasteiger partial charge in [-0.15, -0.1) is 0 Å². The molecule has 0 atom stereocenters. The molecule has 0 bridgehead atoms. The van der Waals surface area contributed by atoms with E-state index in [1.165, 1.54) is 5.69 Å². The molecule has 7 heteroatoms. The van der Waals surface area contributed by atoms with E-state index in [2.05, 4.69) is 26.7 Å². The summed E-state index contributed by atoms with van der Waals surface area (Å²) in [6.45, 7) is 5.27. The number of nitrogens with zero attached hydrogens (tertiary/aromatic N) is 2. The molecule has 27 heavy (non-hydrogen) atoms. The molecule has 0 unspecified atom stereocenters. The Hall–Kier alpha value is -2.09. The lowest BCUT2D eigenvalue weighted by molar-refractivity contribution is 0.255. The zero-order valence-electron chi connectivity index (χ0n) is 15.7. The van der Waals surface area contributed by atoms with Gasteiger partial charge >= 0.3 is 0 Å². The highest BCUT2D eigenvalue weighted by Crippen LogP contribution is 2.20. The van der Waals surface area contributed by atoms with Crippen LogP contribution in [0.2, 0.25) is 0 Å². The van der Waals surface area contributed by atoms with Gasteiger partial charge in [0.15, 0.2) is 0 Å². The lowest BCUT2D eigenvalue weighted by Crippen LogP contribution is -2.47. The first-order chi connectivity index (χ1) is 13.1. The van der Waals surface area contributed by atoms with Crippen molar-refractivity contribution in [2.75, 3.05) is 51.3 Å². The van der Waals surface area contributed by atoms with Crippen molar-refractivity contribution < 1.29 is 13.2 Å². The number of piperazine rings is 1. The molecular weight excluding hydrogens is 362 g/mol. The van der Waals surface area contributed by atoms with Gasteiger partial charge in [-0.05, 0) is 49.4 Å². The summed E-state index contributed by atoms with van der Waals surface area (Å²) in [5.41, 5.74) is 1.21. The average Bonchev–Trinajstić information content (AvgIpc) is 2.72. The first kappa shape index (κ1) is 19.7. The molecule has 2 aromatic rings. The molecule has 0 aliphatic carbocycles. The quantitative estimate of drug-likeness (QED) is 0.702. The summed E-state index contributed by atoms with van der Waals surface area (Å²) in [6, 6.07) is 16.7. The number of methoxy groups -OCH3 is 1. The van der Waals surface area contributed by atoms with Gasteiger partial charge in [0.25, 0.3) is 0 Å². The summed E-state index contributed by atoms with van der Waals surface area (Å²) in [6.07, 6.45) is 0.800. The highest BCUT2D eigenvalue weighted by Gasteiger charge is 2.17. The standard InChI is InChI=1S/C20H27N3O3S/c1-26-19-10-8-18(9-11-19)23-16-14-22(15-17-23)13-5-12-21-27(24,25)20-6-3-2-4-7-20/h2-4,6-11,21H,5,12-17H2,1H3. The summed E-state index contributed by atoms with van der Waals surface area (Å²) in [5.74, 6) is 0.871. The monoisotopic (exact) mass is 389 g/mol. The Bertz CT molecular complexity index is 802. The predicted molar refractivity (Wildman–Crippen MR) is 108 cm³/mol. The van der Waals surface area contributed by atoms with Crippen LogP contribution in [0.4, 0.5) is 5.69 Å². The van der Waals surface area contributed by atoms with Crippen molar-refractivity contribution in [1.29, 1.82) is 0 Å². The van der Waals surface area contributed by atoms with E-state index in [9.17, 15) is 8.42 Å². The minimum atomic E-state index is -3.40. The predicted octanol–water partition coefficient (Wildman–Crippen LogP) is 2.19. The molecule has 0 saturated carbocycles. The van der Waals surface area contributed by atoms with Crippen molar-refractivity contribution in [3.8, 4) is 5.75 Å². The number of hydrogen-bond acceptors (Lipinski definition) is 5. The first-order valence-electron chi connectivity index (χ1n) is 9.24. The molecule has 0 aromatic heterocycles. The molecule has 3 rings (SSSR count). The Morgan fingerprint density at radius 2 is 1.63 bits per heavy atom. The largest absolute Gasteiger partial charge is 0.497 e. The van der Waals surface area contributed by atoms with Crippen LogP contribution in [-0.2, 0) is 10.0 Å². The van der Waals surface area contributed by atoms with Gasteiger partial charge in [-0.25, -0.2) is 13.1 Å². The summed E-state index contributed by atoms with van der Waals surface area (Å²) >= 11 is 0. The smallest absolute Gasteiger partial charge is 0.240 e. The minimum Gasteiger partial charge on any atom is -0.497 e. The molecule has 0 spiro atoms. The van der Waals surface area contributed by atoms with Gasteiger partial charge in [-0.3, -0.25) is 4.90 Å². The van der Waals surface area contributed by atoms with E-state index in [-0.39, 0.29) is 0 Å². The van der Waals surface area contributed by atoms with Crippen LogP contribution < -0.4 is 14.4 Å². The molecular formula is C20H27N3O3S. The van der Waals surface area contributed by atoms with E-state index in [1.807, 2.05) is 18.2 Å². The third-order valence-corrected chi connectivity index (χ3v) is 6.28. The summed E-state index contributed by atoms with van der Waals surface area (Å²) < 4.78 is 32.3. The maximum Gasteiger partial charge on any atom is 0.240 e. The SMILES string of the molecule is COc1ccc(N2CCN(CCCNS(=O)(=O)c3ccccc3)CC2)cc1. The number of anilines is 1. The van der Waals surface area contributed by atoms with Gasteiger partial charge in [0.1, 0.15) is 5.75 Å². The van der Waals surface area contributed by atoms with Crippen molar-refractivity contribution in [3.05, 3.63) is 54.6 Å². The molecule has 0 radical (unpaired) electrons. The molecule has 1 saturated heterocycles. The normalized spacial score (nSPS) is 15.7. The van der Waals surface area contributed by atoms with Gasteiger partial charge in [-0.1, -0.05) is 18.2 Å². The molecule has 1 fully saturated rings.